The molecule has 0 spiro atoms. The zero-order valence-electron chi connectivity index (χ0n) is 22.8. The van der Waals surface area contributed by atoms with Gasteiger partial charge in [-0.1, -0.05) is 23.1 Å². The second-order valence-corrected chi connectivity index (χ2v) is 15.2. The molecular weight excluding hydrogens is 629 g/mol. The average Bonchev–Trinajstić information content (AvgIpc) is 3.75. The van der Waals surface area contributed by atoms with E-state index in [9.17, 15) is 25.9 Å². The van der Waals surface area contributed by atoms with Crippen molar-refractivity contribution in [1.82, 2.24) is 9.13 Å². The number of thiazole rings is 1. The zero-order valence-corrected chi connectivity index (χ0v) is 26.0. The molecule has 1 aliphatic rings. The summed E-state index contributed by atoms with van der Waals surface area (Å²) in [5, 5.41) is 1.70. The minimum atomic E-state index is -4.37. The van der Waals surface area contributed by atoms with E-state index in [1.807, 2.05) is 110 Å². The highest BCUT2D eigenvalue weighted by Crippen LogP contribution is 2.47. The normalized spacial score (nSPS) is 14.7. The Bertz CT molecular complexity index is 2020. The summed E-state index contributed by atoms with van der Waals surface area (Å²) >= 11 is 3.09. The second-order valence-electron chi connectivity index (χ2n) is 10.0. The van der Waals surface area contributed by atoms with Crippen LogP contribution in [0.5, 0.6) is 0 Å². The van der Waals surface area contributed by atoms with Gasteiger partial charge in [0.05, 0.1) is 42.7 Å². The molecule has 14 heteroatoms. The highest BCUT2D eigenvalue weighted by molar-refractivity contribution is 8.04. The number of aromatic nitrogens is 3. The van der Waals surface area contributed by atoms with Crippen LogP contribution in [0.3, 0.4) is 0 Å². The van der Waals surface area contributed by atoms with Gasteiger partial charge in [0.25, 0.3) is 5.01 Å². The molecule has 0 bridgehead atoms. The van der Waals surface area contributed by atoms with E-state index < -0.39 is 31.7 Å². The van der Waals surface area contributed by atoms with Crippen molar-refractivity contribution in [3.05, 3.63) is 95.5 Å². The molecule has 0 saturated heterocycles. The summed E-state index contributed by atoms with van der Waals surface area (Å²) in [7, 11) is -8.74. The molecule has 6 rings (SSSR count). The summed E-state index contributed by atoms with van der Waals surface area (Å²) in [5.41, 5.74) is 3.71. The van der Waals surface area contributed by atoms with Gasteiger partial charge in [-0.05, 0) is 61.0 Å². The molecule has 224 valence electrons. The van der Waals surface area contributed by atoms with Crippen molar-refractivity contribution in [2.24, 2.45) is 0 Å². The first-order valence-electron chi connectivity index (χ1n) is 13.5. The molecule has 0 atom stereocenters. The first kappa shape index (κ1) is 29.7. The summed E-state index contributed by atoms with van der Waals surface area (Å²) in [6.07, 6.45) is 10.1. The maximum atomic E-state index is 11.4. The van der Waals surface area contributed by atoms with E-state index in [1.165, 1.54) is 0 Å². The summed E-state index contributed by atoms with van der Waals surface area (Å²) in [6, 6.07) is 19.9. The Hall–Kier alpha value is -3.40. The third-order valence-electron chi connectivity index (χ3n) is 7.03. The fourth-order valence-corrected chi connectivity index (χ4v) is 8.34. The molecule has 4 heterocycles. The molecule has 0 N–H and O–H groups in total. The molecule has 10 nitrogen and oxygen atoms in total. The van der Waals surface area contributed by atoms with Crippen molar-refractivity contribution < 1.29 is 30.5 Å². The Morgan fingerprint density at radius 3 is 2.05 bits per heavy atom. The lowest BCUT2D eigenvalue weighted by atomic mass is 10.2. The van der Waals surface area contributed by atoms with Crippen LogP contribution >= 0.6 is 23.1 Å². The molecule has 2 aromatic carbocycles. The number of thioether (sulfide) groups is 1. The highest BCUT2D eigenvalue weighted by atomic mass is 32.2. The largest absolute Gasteiger partial charge is 0.748 e. The zero-order chi connectivity index (χ0) is 30.2. The molecule has 0 saturated carbocycles. The molecule has 0 amide bonds. The van der Waals surface area contributed by atoms with E-state index in [1.54, 1.807) is 23.1 Å². The molecule has 0 unspecified atom stereocenters. The van der Waals surface area contributed by atoms with Crippen LogP contribution in [0.15, 0.2) is 95.4 Å². The summed E-state index contributed by atoms with van der Waals surface area (Å²) in [4.78, 5) is 3.02. The highest BCUT2D eigenvalue weighted by Gasteiger charge is 2.29. The summed E-state index contributed by atoms with van der Waals surface area (Å²) < 4.78 is 75.4. The van der Waals surface area contributed by atoms with Gasteiger partial charge in [0, 0.05) is 65.9 Å². The third kappa shape index (κ3) is 6.89. The van der Waals surface area contributed by atoms with Gasteiger partial charge < -0.3 is 23.1 Å². The molecule has 43 heavy (non-hydrogen) atoms. The minimum absolute atomic E-state index is 0.158. The van der Waals surface area contributed by atoms with Crippen molar-refractivity contribution in [2.45, 2.75) is 24.3 Å². The van der Waals surface area contributed by atoms with Crippen LogP contribution in [0.1, 0.15) is 17.8 Å². The van der Waals surface area contributed by atoms with Gasteiger partial charge in [-0.25, -0.2) is 16.8 Å². The Balaban J connectivity index is 1.42. The van der Waals surface area contributed by atoms with Crippen molar-refractivity contribution in [3.8, 4) is 11.4 Å². The fraction of sp³-hybridized carbons (Fsp3) is 0.207. The van der Waals surface area contributed by atoms with Gasteiger partial charge >= 0.3 is 0 Å². The van der Waals surface area contributed by atoms with Gasteiger partial charge in [0.2, 0.25) is 5.52 Å². The van der Waals surface area contributed by atoms with Gasteiger partial charge in [-0.2, -0.15) is 4.57 Å². The van der Waals surface area contributed by atoms with Crippen LogP contribution in [0.25, 0.3) is 27.7 Å². The predicted octanol–water partition coefficient (Wildman–Crippen LogP) is 4.55. The number of fused-ring (bicyclic) bond motifs is 2. The van der Waals surface area contributed by atoms with Crippen molar-refractivity contribution >= 4 is 65.3 Å². The molecule has 0 radical (unpaired) electrons. The van der Waals surface area contributed by atoms with E-state index in [4.69, 9.17) is 0 Å². The number of benzene rings is 2. The number of nitrogens with zero attached hydrogens (tertiary/aromatic N) is 4. The number of anilines is 1. The van der Waals surface area contributed by atoms with Gasteiger partial charge in [-0.3, -0.25) is 0 Å². The topological polar surface area (TPSA) is 131 Å². The van der Waals surface area contributed by atoms with Gasteiger partial charge in [0.15, 0.2) is 6.54 Å². The first-order valence-corrected chi connectivity index (χ1v) is 18.2. The lowest BCUT2D eigenvalue weighted by molar-refractivity contribution is -0.668. The van der Waals surface area contributed by atoms with Crippen molar-refractivity contribution in [3.63, 3.8) is 0 Å². The smallest absolute Gasteiger partial charge is 0.265 e. The van der Waals surface area contributed by atoms with Crippen LogP contribution in [0.2, 0.25) is 0 Å². The van der Waals surface area contributed by atoms with E-state index >= 15 is 0 Å². The monoisotopic (exact) mass is 655 g/mol. The van der Waals surface area contributed by atoms with Crippen molar-refractivity contribution in [2.75, 3.05) is 23.0 Å². The van der Waals surface area contributed by atoms with E-state index in [-0.39, 0.29) is 12.8 Å². The SMILES string of the molecule is O=S(=O)([O-])CCCN1C(=Cc2sc3ccc(-n4cccc4)cc3[n+]2CCCS(=O)(=O)[O-])Sc2ccc(-n3cccc3)cc21. The van der Waals surface area contributed by atoms with Gasteiger partial charge in [0.1, 0.15) is 4.70 Å². The lowest BCUT2D eigenvalue weighted by Crippen LogP contribution is -2.36. The van der Waals surface area contributed by atoms with Crippen LogP contribution in [0.4, 0.5) is 5.69 Å². The molecule has 0 fully saturated rings. The number of hydrogen-bond donors (Lipinski definition) is 0. The number of rotatable bonds is 11. The predicted molar refractivity (Wildman–Crippen MR) is 167 cm³/mol. The number of hydrogen-bond acceptors (Lipinski definition) is 9. The quantitative estimate of drug-likeness (QED) is 0.150. The molecular formula is C29H27N4O6S4-. The summed E-state index contributed by atoms with van der Waals surface area (Å²) in [5.74, 6) is -0.939. The Kier molecular flexibility index (Phi) is 8.24. The minimum Gasteiger partial charge on any atom is -0.748 e. The fourth-order valence-electron chi connectivity index (χ4n) is 5.09. The molecule has 3 aromatic heterocycles. The van der Waals surface area contributed by atoms with E-state index in [0.717, 1.165) is 42.2 Å². The Morgan fingerprint density at radius 1 is 0.791 bits per heavy atom. The summed E-state index contributed by atoms with van der Waals surface area (Å²) in [6.45, 7) is 0.638. The third-order valence-corrected chi connectivity index (χ3v) is 10.8. The lowest BCUT2D eigenvalue weighted by Gasteiger charge is -2.21. The van der Waals surface area contributed by atoms with E-state index in [0.29, 0.717) is 13.1 Å². The standard InChI is InChI=1S/C29H28N4O6S4/c34-42(35,36)17-5-15-32-24-19-22(30-11-1-2-12-30)7-9-26(24)40-28(32)21-29-33(16-6-18-43(37,38)39)25-20-23(8-10-27(25)41-29)31-13-3-4-14-31/h1-4,7-14,19-21H,5-6,15-18H2,(H-,34,35,36,37,38,39)/p-1. The Morgan fingerprint density at radius 2 is 1.40 bits per heavy atom. The van der Waals surface area contributed by atoms with Crippen molar-refractivity contribution in [1.29, 1.82) is 0 Å². The van der Waals surface area contributed by atoms with E-state index in [2.05, 4.69) is 0 Å². The Labute approximate surface area is 258 Å². The average molecular weight is 656 g/mol. The number of aryl methyl sites for hydroxylation is 1. The maximum Gasteiger partial charge on any atom is 0.265 e. The van der Waals surface area contributed by atoms with Crippen LogP contribution in [-0.2, 0) is 26.8 Å². The molecule has 0 aliphatic carbocycles. The van der Waals surface area contributed by atoms with Crippen LogP contribution < -0.4 is 9.47 Å². The van der Waals surface area contributed by atoms with Gasteiger partial charge in [-0.15, -0.1) is 0 Å². The molecule has 1 aliphatic heterocycles. The van der Waals surface area contributed by atoms with Crippen LogP contribution in [-0.4, -0.2) is 53.1 Å². The molecule has 5 aromatic rings. The maximum absolute atomic E-state index is 11.4. The second kappa shape index (κ2) is 11.9. The van der Waals surface area contributed by atoms with Crippen LogP contribution in [0, 0.1) is 0 Å². The first-order chi connectivity index (χ1) is 20.5.